The Morgan fingerprint density at radius 1 is 1.06 bits per heavy atom. The molecule has 2 saturated heterocycles. The van der Waals surface area contributed by atoms with E-state index in [2.05, 4.69) is 6.92 Å². The Labute approximate surface area is 97.4 Å². The van der Waals surface area contributed by atoms with Crippen molar-refractivity contribution in [2.45, 2.75) is 63.4 Å². The normalized spacial score (nSPS) is 42.2. The first-order valence-electron chi connectivity index (χ1n) is 6.76. The van der Waals surface area contributed by atoms with E-state index in [1.165, 1.54) is 19.3 Å². The van der Waals surface area contributed by atoms with Crippen LogP contribution in [0.25, 0.3) is 0 Å². The Bertz CT molecular complexity index is 248. The van der Waals surface area contributed by atoms with Crippen LogP contribution in [0.1, 0.15) is 45.4 Å². The molecule has 0 bridgehead atoms. The zero-order valence-corrected chi connectivity index (χ0v) is 10.1. The van der Waals surface area contributed by atoms with Crippen LogP contribution in [-0.2, 0) is 14.2 Å². The van der Waals surface area contributed by atoms with Gasteiger partial charge in [0, 0.05) is 18.8 Å². The van der Waals surface area contributed by atoms with Crippen molar-refractivity contribution in [3.05, 3.63) is 0 Å². The topological polar surface area (TPSA) is 27.7 Å². The molecular formula is C13H22O3. The summed E-state index contributed by atoms with van der Waals surface area (Å²) in [4.78, 5) is 0. The van der Waals surface area contributed by atoms with Gasteiger partial charge in [-0.1, -0.05) is 13.3 Å². The van der Waals surface area contributed by atoms with Gasteiger partial charge >= 0.3 is 0 Å². The summed E-state index contributed by atoms with van der Waals surface area (Å²) < 4.78 is 18.1. The molecule has 3 rings (SSSR count). The third-order valence-electron chi connectivity index (χ3n) is 4.30. The van der Waals surface area contributed by atoms with E-state index >= 15 is 0 Å². The number of rotatable bonds is 1. The maximum Gasteiger partial charge on any atom is 0.169 e. The van der Waals surface area contributed by atoms with E-state index in [0.29, 0.717) is 5.92 Å². The molecule has 0 N–H and O–H groups in total. The second-order valence-corrected chi connectivity index (χ2v) is 5.42. The SMILES string of the molecule is CC[C@@H]1COCC2OC3(CCCCC3)O[C@H]21. The molecule has 3 fully saturated rings. The summed E-state index contributed by atoms with van der Waals surface area (Å²) in [6.45, 7) is 3.78. The molecular weight excluding hydrogens is 204 g/mol. The van der Waals surface area contributed by atoms with Gasteiger partial charge in [-0.15, -0.1) is 0 Å². The van der Waals surface area contributed by atoms with E-state index in [4.69, 9.17) is 14.2 Å². The van der Waals surface area contributed by atoms with Gasteiger partial charge in [0.25, 0.3) is 0 Å². The highest BCUT2D eigenvalue weighted by Gasteiger charge is 2.51. The molecule has 92 valence electrons. The molecule has 0 aromatic carbocycles. The highest BCUT2D eigenvalue weighted by molar-refractivity contribution is 4.92. The smallest absolute Gasteiger partial charge is 0.169 e. The first-order valence-corrected chi connectivity index (χ1v) is 6.76. The molecule has 2 heterocycles. The first kappa shape index (κ1) is 11.0. The van der Waals surface area contributed by atoms with Gasteiger partial charge in [0.1, 0.15) is 6.10 Å². The van der Waals surface area contributed by atoms with Crippen molar-refractivity contribution in [1.29, 1.82) is 0 Å². The molecule has 2 aliphatic heterocycles. The van der Waals surface area contributed by atoms with Gasteiger partial charge in [0.15, 0.2) is 5.79 Å². The van der Waals surface area contributed by atoms with E-state index in [1.54, 1.807) is 0 Å². The van der Waals surface area contributed by atoms with Crippen LogP contribution >= 0.6 is 0 Å². The summed E-state index contributed by atoms with van der Waals surface area (Å²) in [5, 5.41) is 0. The molecule has 3 aliphatic rings. The van der Waals surface area contributed by atoms with Gasteiger partial charge in [-0.25, -0.2) is 0 Å². The van der Waals surface area contributed by atoms with Gasteiger partial charge < -0.3 is 14.2 Å². The zero-order chi connectivity index (χ0) is 11.0. The van der Waals surface area contributed by atoms with Crippen molar-refractivity contribution in [2.24, 2.45) is 5.92 Å². The molecule has 16 heavy (non-hydrogen) atoms. The first-order chi connectivity index (χ1) is 7.83. The fourth-order valence-electron chi connectivity index (χ4n) is 3.33. The van der Waals surface area contributed by atoms with Crippen LogP contribution in [0.4, 0.5) is 0 Å². The molecule has 1 saturated carbocycles. The second kappa shape index (κ2) is 4.28. The maximum atomic E-state index is 6.30. The summed E-state index contributed by atoms with van der Waals surface area (Å²) >= 11 is 0. The van der Waals surface area contributed by atoms with Crippen molar-refractivity contribution >= 4 is 0 Å². The van der Waals surface area contributed by atoms with Crippen LogP contribution < -0.4 is 0 Å². The van der Waals surface area contributed by atoms with Gasteiger partial charge in [-0.05, 0) is 19.3 Å². The van der Waals surface area contributed by atoms with Crippen LogP contribution in [0.5, 0.6) is 0 Å². The molecule has 3 nitrogen and oxygen atoms in total. The van der Waals surface area contributed by atoms with Crippen molar-refractivity contribution in [1.82, 2.24) is 0 Å². The lowest BCUT2D eigenvalue weighted by Crippen LogP contribution is -2.41. The molecule has 1 spiro atoms. The Morgan fingerprint density at radius 2 is 1.88 bits per heavy atom. The van der Waals surface area contributed by atoms with Crippen LogP contribution in [-0.4, -0.2) is 31.2 Å². The zero-order valence-electron chi connectivity index (χ0n) is 10.1. The van der Waals surface area contributed by atoms with Crippen LogP contribution in [0.3, 0.4) is 0 Å². The summed E-state index contributed by atoms with van der Waals surface area (Å²) in [6, 6.07) is 0. The minimum atomic E-state index is -0.241. The molecule has 1 aliphatic carbocycles. The monoisotopic (exact) mass is 226 g/mol. The van der Waals surface area contributed by atoms with Gasteiger partial charge in [0.2, 0.25) is 0 Å². The average Bonchev–Trinajstić information content (AvgIpc) is 2.67. The predicted molar refractivity (Wildman–Crippen MR) is 60.2 cm³/mol. The lowest BCUT2D eigenvalue weighted by atomic mass is 9.93. The third-order valence-corrected chi connectivity index (χ3v) is 4.30. The number of ether oxygens (including phenoxy) is 3. The van der Waals surface area contributed by atoms with E-state index in [0.717, 1.165) is 32.5 Å². The Balaban J connectivity index is 1.73. The number of hydrogen-bond acceptors (Lipinski definition) is 3. The van der Waals surface area contributed by atoms with Gasteiger partial charge in [-0.2, -0.15) is 0 Å². The largest absolute Gasteiger partial charge is 0.378 e. The minimum absolute atomic E-state index is 0.191. The standard InChI is InChI=1S/C13H22O3/c1-2-10-8-14-9-11-12(10)16-13(15-11)6-4-3-5-7-13/h10-12H,2-9H2,1H3/t10-,11?,12+/m1/s1. The quantitative estimate of drug-likeness (QED) is 0.687. The summed E-state index contributed by atoms with van der Waals surface area (Å²) in [5.41, 5.74) is 0. The predicted octanol–water partition coefficient (Wildman–Crippen LogP) is 2.49. The molecule has 0 aromatic rings. The van der Waals surface area contributed by atoms with Gasteiger partial charge in [-0.3, -0.25) is 0 Å². The van der Waals surface area contributed by atoms with E-state index in [-0.39, 0.29) is 18.0 Å². The second-order valence-electron chi connectivity index (χ2n) is 5.42. The fraction of sp³-hybridized carbons (Fsp3) is 1.00. The Morgan fingerprint density at radius 3 is 2.62 bits per heavy atom. The number of hydrogen-bond donors (Lipinski definition) is 0. The Kier molecular flexibility index (Phi) is 2.94. The highest BCUT2D eigenvalue weighted by atomic mass is 16.8. The third kappa shape index (κ3) is 1.79. The van der Waals surface area contributed by atoms with Crippen LogP contribution in [0.2, 0.25) is 0 Å². The van der Waals surface area contributed by atoms with E-state index in [1.807, 2.05) is 0 Å². The molecule has 3 atom stereocenters. The number of fused-ring (bicyclic) bond motifs is 1. The van der Waals surface area contributed by atoms with Crippen molar-refractivity contribution in [3.8, 4) is 0 Å². The molecule has 3 heteroatoms. The van der Waals surface area contributed by atoms with Crippen molar-refractivity contribution in [3.63, 3.8) is 0 Å². The fourth-order valence-corrected chi connectivity index (χ4v) is 3.33. The van der Waals surface area contributed by atoms with E-state index in [9.17, 15) is 0 Å². The summed E-state index contributed by atoms with van der Waals surface area (Å²) in [6.07, 6.45) is 7.59. The van der Waals surface area contributed by atoms with Gasteiger partial charge in [0.05, 0.1) is 19.3 Å². The van der Waals surface area contributed by atoms with Crippen molar-refractivity contribution in [2.75, 3.05) is 13.2 Å². The molecule has 0 radical (unpaired) electrons. The molecule has 0 aromatic heterocycles. The van der Waals surface area contributed by atoms with Crippen LogP contribution in [0.15, 0.2) is 0 Å². The lowest BCUT2D eigenvalue weighted by Gasteiger charge is -2.32. The molecule has 0 amide bonds. The summed E-state index contributed by atoms with van der Waals surface area (Å²) in [5.74, 6) is 0.286. The van der Waals surface area contributed by atoms with E-state index < -0.39 is 0 Å². The summed E-state index contributed by atoms with van der Waals surface area (Å²) in [7, 11) is 0. The van der Waals surface area contributed by atoms with Crippen LogP contribution in [0, 0.1) is 5.92 Å². The maximum absolute atomic E-state index is 6.30. The molecule has 1 unspecified atom stereocenters. The highest BCUT2D eigenvalue weighted by Crippen LogP contribution is 2.44. The minimum Gasteiger partial charge on any atom is -0.378 e. The van der Waals surface area contributed by atoms with Crippen molar-refractivity contribution < 1.29 is 14.2 Å². The average molecular weight is 226 g/mol. The Hall–Kier alpha value is -0.120. The lowest BCUT2D eigenvalue weighted by molar-refractivity contribution is -0.195.